The van der Waals surface area contributed by atoms with Gasteiger partial charge in [-0.2, -0.15) is 0 Å². The van der Waals surface area contributed by atoms with E-state index in [0.29, 0.717) is 12.3 Å². The molecule has 1 aliphatic heterocycles. The van der Waals surface area contributed by atoms with Crippen molar-refractivity contribution < 1.29 is 4.79 Å². The van der Waals surface area contributed by atoms with Crippen LogP contribution in [0.15, 0.2) is 18.2 Å². The molecule has 86 valence electrons. The lowest BCUT2D eigenvalue weighted by atomic mass is 9.99. The Morgan fingerprint density at radius 1 is 1.19 bits per heavy atom. The van der Waals surface area contributed by atoms with Crippen molar-refractivity contribution in [3.05, 3.63) is 29.3 Å². The lowest BCUT2D eigenvalue weighted by Crippen LogP contribution is -2.33. The standard InChI is InChI=1S/C14H19NO/c1-9(2)11-5-6-13-12(7-11)8-14(16)15(13)10(3)4/h5-7,9-10H,8H2,1-4H3. The Bertz CT molecular complexity index is 421. The number of anilines is 1. The number of benzene rings is 1. The summed E-state index contributed by atoms with van der Waals surface area (Å²) in [5, 5.41) is 0. The van der Waals surface area contributed by atoms with E-state index < -0.39 is 0 Å². The predicted octanol–water partition coefficient (Wildman–Crippen LogP) is 3.11. The van der Waals surface area contributed by atoms with Crippen molar-refractivity contribution in [1.29, 1.82) is 0 Å². The van der Waals surface area contributed by atoms with Crippen LogP contribution in [-0.2, 0) is 11.2 Å². The van der Waals surface area contributed by atoms with E-state index in [0.717, 1.165) is 5.69 Å². The van der Waals surface area contributed by atoms with E-state index in [9.17, 15) is 4.79 Å². The number of fused-ring (bicyclic) bond motifs is 1. The summed E-state index contributed by atoms with van der Waals surface area (Å²) in [5.74, 6) is 0.749. The van der Waals surface area contributed by atoms with Crippen LogP contribution < -0.4 is 4.90 Å². The summed E-state index contributed by atoms with van der Waals surface area (Å²) in [7, 11) is 0. The SMILES string of the molecule is CC(C)c1ccc2c(c1)CC(=O)N2C(C)C. The van der Waals surface area contributed by atoms with Crippen molar-refractivity contribution in [3.8, 4) is 0 Å². The second-order valence-electron chi connectivity index (χ2n) is 5.08. The summed E-state index contributed by atoms with van der Waals surface area (Å²) >= 11 is 0. The summed E-state index contributed by atoms with van der Waals surface area (Å²) in [4.78, 5) is 13.8. The molecule has 0 atom stereocenters. The Kier molecular flexibility index (Phi) is 2.75. The first-order chi connectivity index (χ1) is 7.50. The van der Waals surface area contributed by atoms with E-state index in [4.69, 9.17) is 0 Å². The lowest BCUT2D eigenvalue weighted by Gasteiger charge is -2.22. The maximum absolute atomic E-state index is 11.9. The molecule has 0 unspecified atom stereocenters. The molecule has 1 heterocycles. The first kappa shape index (κ1) is 11.2. The number of hydrogen-bond donors (Lipinski definition) is 0. The highest BCUT2D eigenvalue weighted by molar-refractivity contribution is 6.01. The van der Waals surface area contributed by atoms with E-state index in [1.807, 2.05) is 4.90 Å². The molecule has 1 amide bonds. The third-order valence-corrected chi connectivity index (χ3v) is 3.16. The molecule has 0 radical (unpaired) electrons. The van der Waals surface area contributed by atoms with E-state index in [-0.39, 0.29) is 11.9 Å². The summed E-state index contributed by atoms with van der Waals surface area (Å²) in [5.41, 5.74) is 3.60. The zero-order chi connectivity index (χ0) is 11.9. The molecule has 1 aromatic carbocycles. The van der Waals surface area contributed by atoms with Gasteiger partial charge in [0.15, 0.2) is 0 Å². The number of nitrogens with zero attached hydrogens (tertiary/aromatic N) is 1. The highest BCUT2D eigenvalue weighted by Gasteiger charge is 2.29. The van der Waals surface area contributed by atoms with Crippen molar-refractivity contribution in [3.63, 3.8) is 0 Å². The predicted molar refractivity (Wildman–Crippen MR) is 66.9 cm³/mol. The molecule has 2 rings (SSSR count). The number of rotatable bonds is 2. The Balaban J connectivity index is 2.42. The van der Waals surface area contributed by atoms with Gasteiger partial charge in [-0.3, -0.25) is 4.79 Å². The zero-order valence-corrected chi connectivity index (χ0v) is 10.4. The lowest BCUT2D eigenvalue weighted by molar-refractivity contribution is -0.117. The molecule has 0 spiro atoms. The highest BCUT2D eigenvalue weighted by atomic mass is 16.2. The first-order valence-corrected chi connectivity index (χ1v) is 5.95. The van der Waals surface area contributed by atoms with Crippen molar-refractivity contribution in [2.45, 2.75) is 46.1 Å². The summed E-state index contributed by atoms with van der Waals surface area (Å²) < 4.78 is 0. The normalized spacial score (nSPS) is 15.1. The van der Waals surface area contributed by atoms with Crippen LogP contribution in [0, 0.1) is 0 Å². The summed E-state index contributed by atoms with van der Waals surface area (Å²) in [6, 6.07) is 6.66. The maximum Gasteiger partial charge on any atom is 0.231 e. The van der Waals surface area contributed by atoms with Crippen molar-refractivity contribution in [2.24, 2.45) is 0 Å². The van der Waals surface area contributed by atoms with Crippen molar-refractivity contribution in [2.75, 3.05) is 4.90 Å². The molecule has 16 heavy (non-hydrogen) atoms. The van der Waals surface area contributed by atoms with Crippen LogP contribution in [0.1, 0.15) is 44.7 Å². The average Bonchev–Trinajstić information content (AvgIpc) is 2.51. The Hall–Kier alpha value is -1.31. The van der Waals surface area contributed by atoms with Gasteiger partial charge in [0, 0.05) is 11.7 Å². The monoisotopic (exact) mass is 217 g/mol. The van der Waals surface area contributed by atoms with Gasteiger partial charge in [0.1, 0.15) is 0 Å². The highest BCUT2D eigenvalue weighted by Crippen LogP contribution is 2.32. The van der Waals surface area contributed by atoms with Crippen LogP contribution in [0.25, 0.3) is 0 Å². The second-order valence-corrected chi connectivity index (χ2v) is 5.08. The molecule has 0 saturated heterocycles. The zero-order valence-electron chi connectivity index (χ0n) is 10.4. The van der Waals surface area contributed by atoms with Gasteiger partial charge >= 0.3 is 0 Å². The van der Waals surface area contributed by atoms with Gasteiger partial charge in [0.2, 0.25) is 5.91 Å². The number of amides is 1. The van der Waals surface area contributed by atoms with Crippen LogP contribution in [0.4, 0.5) is 5.69 Å². The topological polar surface area (TPSA) is 20.3 Å². The molecule has 1 aliphatic rings. The third-order valence-electron chi connectivity index (χ3n) is 3.16. The van der Waals surface area contributed by atoms with Crippen molar-refractivity contribution >= 4 is 11.6 Å². The minimum atomic E-state index is 0.228. The Labute approximate surface area is 97.3 Å². The molecule has 0 saturated carbocycles. The van der Waals surface area contributed by atoms with Gasteiger partial charge < -0.3 is 4.90 Å². The summed E-state index contributed by atoms with van der Waals surface area (Å²) in [6.45, 7) is 8.48. The molecular formula is C14H19NO. The molecule has 0 aliphatic carbocycles. The van der Waals surface area contributed by atoms with Gasteiger partial charge in [0.05, 0.1) is 6.42 Å². The minimum Gasteiger partial charge on any atom is -0.309 e. The fraction of sp³-hybridized carbons (Fsp3) is 0.500. The van der Waals surface area contributed by atoms with E-state index in [1.54, 1.807) is 0 Å². The van der Waals surface area contributed by atoms with Crippen LogP contribution in [-0.4, -0.2) is 11.9 Å². The fourth-order valence-corrected chi connectivity index (χ4v) is 2.29. The van der Waals surface area contributed by atoms with Crippen molar-refractivity contribution in [1.82, 2.24) is 0 Å². The van der Waals surface area contributed by atoms with Gasteiger partial charge in [-0.05, 0) is 37.0 Å². The number of hydrogen-bond acceptors (Lipinski definition) is 1. The molecule has 2 nitrogen and oxygen atoms in total. The molecule has 0 N–H and O–H groups in total. The maximum atomic E-state index is 11.9. The molecule has 1 aromatic rings. The van der Waals surface area contributed by atoms with Gasteiger partial charge in [-0.15, -0.1) is 0 Å². The Morgan fingerprint density at radius 3 is 2.44 bits per heavy atom. The van der Waals surface area contributed by atoms with E-state index in [1.165, 1.54) is 11.1 Å². The van der Waals surface area contributed by atoms with Gasteiger partial charge in [-0.25, -0.2) is 0 Å². The quantitative estimate of drug-likeness (QED) is 0.745. The van der Waals surface area contributed by atoms with Gasteiger partial charge in [0.25, 0.3) is 0 Å². The molecule has 0 aromatic heterocycles. The molecule has 2 heteroatoms. The number of carbonyl (C=O) groups excluding carboxylic acids is 1. The van der Waals surface area contributed by atoms with Gasteiger partial charge in [-0.1, -0.05) is 26.0 Å². The first-order valence-electron chi connectivity index (χ1n) is 5.95. The molecular weight excluding hydrogens is 198 g/mol. The fourth-order valence-electron chi connectivity index (χ4n) is 2.29. The van der Waals surface area contributed by atoms with E-state index >= 15 is 0 Å². The molecule has 0 bridgehead atoms. The van der Waals surface area contributed by atoms with Crippen LogP contribution in [0.2, 0.25) is 0 Å². The van der Waals surface area contributed by atoms with Crippen LogP contribution in [0.5, 0.6) is 0 Å². The van der Waals surface area contributed by atoms with Crippen LogP contribution >= 0.6 is 0 Å². The summed E-state index contributed by atoms with van der Waals surface area (Å²) in [6.07, 6.45) is 0.564. The third kappa shape index (κ3) is 1.73. The second kappa shape index (κ2) is 3.93. The number of carbonyl (C=O) groups is 1. The molecule has 0 fully saturated rings. The minimum absolute atomic E-state index is 0.228. The van der Waals surface area contributed by atoms with E-state index in [2.05, 4.69) is 45.9 Å². The van der Waals surface area contributed by atoms with Crippen LogP contribution in [0.3, 0.4) is 0 Å². The smallest absolute Gasteiger partial charge is 0.231 e. The largest absolute Gasteiger partial charge is 0.309 e. The Morgan fingerprint density at radius 2 is 1.88 bits per heavy atom. The average molecular weight is 217 g/mol.